The number of benzene rings is 1. The van der Waals surface area contributed by atoms with Gasteiger partial charge in [-0.05, 0) is 24.1 Å². The molecular weight excluding hydrogens is 306 g/mol. The van der Waals surface area contributed by atoms with Gasteiger partial charge >= 0.3 is 0 Å². The van der Waals surface area contributed by atoms with Gasteiger partial charge in [-0.2, -0.15) is 0 Å². The van der Waals surface area contributed by atoms with Crippen LogP contribution >= 0.6 is 0 Å². The molecule has 0 aliphatic heterocycles. The van der Waals surface area contributed by atoms with E-state index in [0.717, 1.165) is 25.5 Å². The number of aliphatic hydroxyl groups excluding tert-OH is 1. The number of non-ortho nitro benzene ring substituents is 1. The molecule has 0 saturated heterocycles. The maximum absolute atomic E-state index is 11.6. The first-order chi connectivity index (χ1) is 11.4. The molecule has 5 nitrogen and oxygen atoms in total. The molecule has 1 aromatic rings. The summed E-state index contributed by atoms with van der Waals surface area (Å²) in [6.07, 6.45) is 8.56. The second-order valence-corrected chi connectivity index (χ2v) is 6.75. The van der Waals surface area contributed by atoms with Crippen LogP contribution in [0.25, 0.3) is 0 Å². The van der Waals surface area contributed by atoms with Crippen molar-refractivity contribution in [2.75, 3.05) is 0 Å². The van der Waals surface area contributed by atoms with Gasteiger partial charge in [-0.15, -0.1) is 0 Å². The molecule has 5 heteroatoms. The van der Waals surface area contributed by atoms with E-state index in [1.165, 1.54) is 49.9 Å². The lowest BCUT2D eigenvalue weighted by Crippen LogP contribution is -2.27. The third-order valence-electron chi connectivity index (χ3n) is 4.63. The van der Waals surface area contributed by atoms with Crippen LogP contribution in [-0.2, 0) is 4.79 Å². The minimum atomic E-state index is -0.948. The Kier molecular flexibility index (Phi) is 8.61. The van der Waals surface area contributed by atoms with Crippen molar-refractivity contribution >= 4 is 12.0 Å². The Morgan fingerprint density at radius 3 is 2.17 bits per heavy atom. The number of carbonyl (C=O) groups is 1. The summed E-state index contributed by atoms with van der Waals surface area (Å²) in [6, 6.07) is 5.76. The second-order valence-electron chi connectivity index (χ2n) is 6.75. The zero-order valence-corrected chi connectivity index (χ0v) is 14.7. The molecule has 0 fully saturated rings. The number of aliphatic hydroxyl groups is 1. The van der Waals surface area contributed by atoms with E-state index in [2.05, 4.69) is 6.92 Å². The fraction of sp³-hybridized carbons (Fsp3) is 0.632. The zero-order chi connectivity index (χ0) is 18.0. The van der Waals surface area contributed by atoms with E-state index in [-0.39, 0.29) is 5.69 Å². The van der Waals surface area contributed by atoms with Crippen LogP contribution in [-0.4, -0.2) is 16.3 Å². The van der Waals surface area contributed by atoms with Gasteiger partial charge in [0, 0.05) is 12.1 Å². The van der Waals surface area contributed by atoms with Crippen molar-refractivity contribution in [2.45, 2.75) is 71.3 Å². The molecule has 0 aliphatic rings. The van der Waals surface area contributed by atoms with Crippen LogP contribution in [0, 0.1) is 15.5 Å². The van der Waals surface area contributed by atoms with E-state index in [4.69, 9.17) is 0 Å². The van der Waals surface area contributed by atoms with Crippen LogP contribution in [0.1, 0.15) is 76.9 Å². The van der Waals surface area contributed by atoms with Crippen molar-refractivity contribution in [3.63, 3.8) is 0 Å². The number of nitro benzene ring substituents is 1. The van der Waals surface area contributed by atoms with Gasteiger partial charge in [-0.25, -0.2) is 0 Å². The summed E-state index contributed by atoms with van der Waals surface area (Å²) in [6.45, 7) is 3.94. The van der Waals surface area contributed by atoms with Crippen molar-refractivity contribution in [3.8, 4) is 0 Å². The summed E-state index contributed by atoms with van der Waals surface area (Å²) in [5.41, 5.74) is -0.344. The number of carbonyl (C=O) groups excluding carboxylic acids is 1. The largest absolute Gasteiger partial charge is 0.387 e. The molecule has 0 heterocycles. The number of nitro groups is 1. The molecule has 0 saturated carbocycles. The molecule has 24 heavy (non-hydrogen) atoms. The van der Waals surface area contributed by atoms with Crippen molar-refractivity contribution in [2.24, 2.45) is 5.41 Å². The highest BCUT2D eigenvalue weighted by molar-refractivity contribution is 5.60. The molecule has 0 radical (unpaired) electrons. The Hall–Kier alpha value is -1.75. The average molecular weight is 335 g/mol. The van der Waals surface area contributed by atoms with E-state index in [0.29, 0.717) is 12.0 Å². The molecule has 0 aliphatic carbocycles. The van der Waals surface area contributed by atoms with E-state index in [1.807, 2.05) is 0 Å². The Bertz CT molecular complexity index is 515. The lowest BCUT2D eigenvalue weighted by atomic mass is 9.78. The molecule has 0 amide bonds. The number of hydrogen-bond donors (Lipinski definition) is 1. The SMILES string of the molecule is CCCCCCCCC[C@](C)(C=O)[C@@H](O)c1ccc([N+](=O)[O-])cc1. The lowest BCUT2D eigenvalue weighted by Gasteiger charge is -2.29. The normalized spacial score (nSPS) is 14.8. The van der Waals surface area contributed by atoms with Gasteiger partial charge in [0.25, 0.3) is 5.69 Å². The third kappa shape index (κ3) is 6.04. The van der Waals surface area contributed by atoms with Crippen molar-refractivity contribution in [1.82, 2.24) is 0 Å². The molecule has 1 N–H and O–H groups in total. The fourth-order valence-electron chi connectivity index (χ4n) is 2.88. The van der Waals surface area contributed by atoms with Crippen LogP contribution in [0.3, 0.4) is 0 Å². The summed E-state index contributed by atoms with van der Waals surface area (Å²) >= 11 is 0. The maximum atomic E-state index is 11.6. The molecule has 134 valence electrons. The van der Waals surface area contributed by atoms with Gasteiger partial charge in [0.2, 0.25) is 0 Å². The standard InChI is InChI=1S/C19H29NO4/c1-3-4-5-6-7-8-9-14-19(2,15-21)18(22)16-10-12-17(13-11-16)20(23)24/h10-13,15,18,22H,3-9,14H2,1-2H3/t18-,19+/m0/s1. The first-order valence-electron chi connectivity index (χ1n) is 8.83. The summed E-state index contributed by atoms with van der Waals surface area (Å²) in [7, 11) is 0. The molecule has 2 atom stereocenters. The van der Waals surface area contributed by atoms with Crippen LogP contribution in [0.2, 0.25) is 0 Å². The number of aldehydes is 1. The van der Waals surface area contributed by atoms with Crippen molar-refractivity contribution in [1.29, 1.82) is 0 Å². The minimum Gasteiger partial charge on any atom is -0.387 e. The van der Waals surface area contributed by atoms with E-state index in [9.17, 15) is 20.0 Å². The molecular formula is C19H29NO4. The number of unbranched alkanes of at least 4 members (excludes halogenated alkanes) is 6. The summed E-state index contributed by atoms with van der Waals surface area (Å²) in [4.78, 5) is 21.8. The van der Waals surface area contributed by atoms with Crippen molar-refractivity contribution in [3.05, 3.63) is 39.9 Å². The smallest absolute Gasteiger partial charge is 0.269 e. The monoisotopic (exact) mass is 335 g/mol. The second kappa shape index (κ2) is 10.2. The topological polar surface area (TPSA) is 80.4 Å². The molecule has 0 unspecified atom stereocenters. The molecule has 1 rings (SSSR count). The predicted octanol–water partition coefficient (Wildman–Crippen LogP) is 4.97. The van der Waals surface area contributed by atoms with Gasteiger partial charge in [0.05, 0.1) is 16.4 Å². The van der Waals surface area contributed by atoms with Gasteiger partial charge < -0.3 is 9.90 Å². The molecule has 0 bridgehead atoms. The first-order valence-corrected chi connectivity index (χ1v) is 8.83. The molecule has 1 aromatic carbocycles. The zero-order valence-electron chi connectivity index (χ0n) is 14.7. The number of nitrogens with zero attached hydrogens (tertiary/aromatic N) is 1. The van der Waals surface area contributed by atoms with E-state index in [1.54, 1.807) is 6.92 Å². The van der Waals surface area contributed by atoms with Gasteiger partial charge in [-0.1, -0.05) is 58.8 Å². The minimum absolute atomic E-state index is 0.0224. The molecule has 0 aromatic heterocycles. The third-order valence-corrected chi connectivity index (χ3v) is 4.63. The van der Waals surface area contributed by atoms with Gasteiger partial charge in [0.1, 0.15) is 6.29 Å². The summed E-state index contributed by atoms with van der Waals surface area (Å²) < 4.78 is 0. The quantitative estimate of drug-likeness (QED) is 0.253. The fourth-order valence-corrected chi connectivity index (χ4v) is 2.88. The highest BCUT2D eigenvalue weighted by Gasteiger charge is 2.33. The van der Waals surface area contributed by atoms with Crippen LogP contribution in [0.15, 0.2) is 24.3 Å². The van der Waals surface area contributed by atoms with Crippen LogP contribution < -0.4 is 0 Å². The Morgan fingerprint density at radius 1 is 1.12 bits per heavy atom. The first kappa shape index (κ1) is 20.3. The molecule has 0 spiro atoms. The Balaban J connectivity index is 2.55. The average Bonchev–Trinajstić information content (AvgIpc) is 2.60. The highest BCUT2D eigenvalue weighted by atomic mass is 16.6. The predicted molar refractivity (Wildman–Crippen MR) is 94.8 cm³/mol. The maximum Gasteiger partial charge on any atom is 0.269 e. The number of rotatable bonds is 12. The van der Waals surface area contributed by atoms with Gasteiger partial charge in [-0.3, -0.25) is 10.1 Å². The van der Waals surface area contributed by atoms with Crippen LogP contribution in [0.4, 0.5) is 5.69 Å². The lowest BCUT2D eigenvalue weighted by molar-refractivity contribution is -0.384. The Morgan fingerprint density at radius 2 is 1.67 bits per heavy atom. The Labute approximate surface area is 144 Å². The number of hydrogen-bond acceptors (Lipinski definition) is 4. The van der Waals surface area contributed by atoms with E-state index >= 15 is 0 Å². The van der Waals surface area contributed by atoms with Crippen LogP contribution in [0.5, 0.6) is 0 Å². The summed E-state index contributed by atoms with van der Waals surface area (Å²) in [5, 5.41) is 21.2. The van der Waals surface area contributed by atoms with Gasteiger partial charge in [0.15, 0.2) is 0 Å². The summed E-state index contributed by atoms with van der Waals surface area (Å²) in [5.74, 6) is 0. The van der Waals surface area contributed by atoms with Crippen molar-refractivity contribution < 1.29 is 14.8 Å². The van der Waals surface area contributed by atoms with E-state index < -0.39 is 16.4 Å². The highest BCUT2D eigenvalue weighted by Crippen LogP contribution is 2.37.